The predicted octanol–water partition coefficient (Wildman–Crippen LogP) is 11.4. The molecule has 0 amide bonds. The second kappa shape index (κ2) is 12.0. The van der Waals surface area contributed by atoms with Gasteiger partial charge in [-0.15, -0.1) is 0 Å². The van der Waals surface area contributed by atoms with Crippen LogP contribution in [0.15, 0.2) is 176 Å². The summed E-state index contributed by atoms with van der Waals surface area (Å²) < 4.78 is 6.81. The van der Waals surface area contributed by atoms with E-state index in [1.54, 1.807) is 0 Å². The van der Waals surface area contributed by atoms with Crippen molar-refractivity contribution < 1.29 is 4.74 Å². The third-order valence-electron chi connectivity index (χ3n) is 10.1. The van der Waals surface area contributed by atoms with Crippen LogP contribution in [-0.2, 0) is 0 Å². The maximum absolute atomic E-state index is 6.81. The smallest absolute Gasteiger partial charge is 0.164 e. The molecule has 1 aromatic heterocycles. The molecule has 7 aromatic carbocycles. The zero-order chi connectivity index (χ0) is 33.7. The summed E-state index contributed by atoms with van der Waals surface area (Å²) >= 11 is 0. The van der Waals surface area contributed by atoms with Crippen molar-refractivity contribution in [3.05, 3.63) is 198 Å². The third-order valence-corrected chi connectivity index (χ3v) is 10.1. The summed E-state index contributed by atoms with van der Waals surface area (Å²) in [5.41, 5.74) is 11.0. The van der Waals surface area contributed by atoms with Crippen molar-refractivity contribution in [2.75, 3.05) is 0 Å². The highest BCUT2D eigenvalue weighted by Crippen LogP contribution is 2.55. The molecule has 4 nitrogen and oxygen atoms in total. The van der Waals surface area contributed by atoms with Gasteiger partial charge in [0.25, 0.3) is 0 Å². The van der Waals surface area contributed by atoms with E-state index in [1.807, 2.05) is 60.7 Å². The van der Waals surface area contributed by atoms with Gasteiger partial charge in [-0.25, -0.2) is 15.0 Å². The van der Waals surface area contributed by atoms with Crippen LogP contribution >= 0.6 is 0 Å². The van der Waals surface area contributed by atoms with E-state index in [9.17, 15) is 0 Å². The van der Waals surface area contributed by atoms with Crippen molar-refractivity contribution in [3.8, 4) is 50.8 Å². The van der Waals surface area contributed by atoms with Crippen LogP contribution in [0.1, 0.15) is 34.5 Å². The molecule has 10 rings (SSSR count). The van der Waals surface area contributed by atoms with Gasteiger partial charge in [0.15, 0.2) is 17.5 Å². The molecule has 0 saturated carbocycles. The van der Waals surface area contributed by atoms with Crippen molar-refractivity contribution in [2.45, 2.75) is 12.0 Å². The summed E-state index contributed by atoms with van der Waals surface area (Å²) in [6.07, 6.45) is 2.17. The van der Waals surface area contributed by atoms with Gasteiger partial charge < -0.3 is 4.74 Å². The summed E-state index contributed by atoms with van der Waals surface area (Å²) in [5, 5.41) is 2.49. The quantitative estimate of drug-likeness (QED) is 0.185. The first-order chi connectivity index (χ1) is 25.3. The Hall–Kier alpha value is -6.65. The van der Waals surface area contributed by atoms with Gasteiger partial charge in [0.05, 0.1) is 0 Å². The molecule has 0 saturated heterocycles. The van der Waals surface area contributed by atoms with E-state index >= 15 is 0 Å². The van der Waals surface area contributed by atoms with Gasteiger partial charge >= 0.3 is 0 Å². The number of fused-ring (bicyclic) bond motifs is 6. The van der Waals surface area contributed by atoms with Gasteiger partial charge in [-0.05, 0) is 50.7 Å². The summed E-state index contributed by atoms with van der Waals surface area (Å²) in [6, 6.07) is 59.3. The molecule has 0 radical (unpaired) electrons. The van der Waals surface area contributed by atoms with Crippen LogP contribution in [0, 0.1) is 0 Å². The molecule has 2 heterocycles. The van der Waals surface area contributed by atoms with Gasteiger partial charge in [0.1, 0.15) is 11.9 Å². The summed E-state index contributed by atoms with van der Waals surface area (Å²) in [5.74, 6) is 2.84. The Labute approximate surface area is 296 Å². The van der Waals surface area contributed by atoms with Crippen molar-refractivity contribution in [1.82, 2.24) is 15.0 Å². The summed E-state index contributed by atoms with van der Waals surface area (Å²) in [7, 11) is 0. The molecule has 1 aliphatic carbocycles. The zero-order valence-electron chi connectivity index (χ0n) is 27.6. The Bertz CT molecular complexity index is 2560. The Kier molecular flexibility index (Phi) is 6.91. The molecule has 0 spiro atoms. The molecule has 4 heteroatoms. The number of nitrogens with zero attached hydrogens (tertiary/aromatic N) is 3. The lowest BCUT2D eigenvalue weighted by Gasteiger charge is -2.27. The largest absolute Gasteiger partial charge is 0.484 e. The van der Waals surface area contributed by atoms with Crippen LogP contribution in [0.2, 0.25) is 0 Å². The highest BCUT2D eigenvalue weighted by Gasteiger charge is 2.41. The van der Waals surface area contributed by atoms with Crippen LogP contribution in [-0.4, -0.2) is 15.0 Å². The van der Waals surface area contributed by atoms with E-state index in [4.69, 9.17) is 19.7 Å². The molecule has 0 bridgehead atoms. The molecule has 240 valence electrons. The van der Waals surface area contributed by atoms with Crippen LogP contribution in [0.25, 0.3) is 61.4 Å². The van der Waals surface area contributed by atoms with Crippen molar-refractivity contribution in [1.29, 1.82) is 0 Å². The Morgan fingerprint density at radius 3 is 1.75 bits per heavy atom. The monoisotopic (exact) mass is 653 g/mol. The summed E-state index contributed by atoms with van der Waals surface area (Å²) in [6.45, 7) is 0. The standard InChI is InChI=1S/C47H31N3O/c1-3-13-33(14-4-1)45-48-46(34-15-5-2-6-16-34)50-47(49-45)40-29-41-43-37(20-11-21-42(43)51-44(41)39-19-10-9-18-38(39)40)32-25-22-31(23-26-32)36-27-24-30-12-7-8-17-35(30)28-36/h1-29,41,44H. The number of benzene rings is 7. The Balaban J connectivity index is 1.10. The lowest BCUT2D eigenvalue weighted by atomic mass is 9.78. The van der Waals surface area contributed by atoms with Gasteiger partial charge in [-0.2, -0.15) is 0 Å². The van der Waals surface area contributed by atoms with Gasteiger partial charge in [0.2, 0.25) is 0 Å². The molecule has 2 unspecified atom stereocenters. The minimum atomic E-state index is -0.151. The van der Waals surface area contributed by atoms with E-state index in [2.05, 4.69) is 115 Å². The molecule has 2 atom stereocenters. The molecule has 1 aliphatic heterocycles. The first-order valence-electron chi connectivity index (χ1n) is 17.3. The van der Waals surface area contributed by atoms with E-state index in [-0.39, 0.29) is 12.0 Å². The zero-order valence-corrected chi connectivity index (χ0v) is 27.6. The van der Waals surface area contributed by atoms with E-state index in [0.29, 0.717) is 17.5 Å². The number of hydrogen-bond donors (Lipinski definition) is 0. The molecule has 2 aliphatic rings. The first kappa shape index (κ1) is 29.3. The fourth-order valence-electron chi connectivity index (χ4n) is 7.63. The van der Waals surface area contributed by atoms with Crippen LogP contribution in [0.5, 0.6) is 5.75 Å². The van der Waals surface area contributed by atoms with E-state index in [0.717, 1.165) is 39.1 Å². The lowest BCUT2D eigenvalue weighted by Crippen LogP contribution is -2.17. The predicted molar refractivity (Wildman–Crippen MR) is 205 cm³/mol. The van der Waals surface area contributed by atoms with E-state index < -0.39 is 0 Å². The normalized spacial score (nSPS) is 15.7. The topological polar surface area (TPSA) is 47.9 Å². The number of aromatic nitrogens is 3. The highest BCUT2D eigenvalue weighted by atomic mass is 16.5. The fourth-order valence-corrected chi connectivity index (χ4v) is 7.63. The average Bonchev–Trinajstić information content (AvgIpc) is 3.60. The van der Waals surface area contributed by atoms with Gasteiger partial charge in [0, 0.05) is 33.7 Å². The van der Waals surface area contributed by atoms with Crippen molar-refractivity contribution in [3.63, 3.8) is 0 Å². The number of hydrogen-bond acceptors (Lipinski definition) is 4. The summed E-state index contributed by atoms with van der Waals surface area (Å²) in [4.78, 5) is 15.2. The van der Waals surface area contributed by atoms with Crippen molar-refractivity contribution >= 4 is 16.3 Å². The van der Waals surface area contributed by atoms with Crippen molar-refractivity contribution in [2.24, 2.45) is 0 Å². The second-order valence-corrected chi connectivity index (χ2v) is 13.1. The van der Waals surface area contributed by atoms with Crippen LogP contribution in [0.3, 0.4) is 0 Å². The lowest BCUT2D eigenvalue weighted by molar-refractivity contribution is 0.223. The fraction of sp³-hybridized carbons (Fsp3) is 0.0426. The van der Waals surface area contributed by atoms with Gasteiger partial charge in [-0.1, -0.05) is 164 Å². The second-order valence-electron chi connectivity index (χ2n) is 13.1. The first-order valence-corrected chi connectivity index (χ1v) is 17.3. The third kappa shape index (κ3) is 5.12. The maximum atomic E-state index is 6.81. The van der Waals surface area contributed by atoms with Crippen LogP contribution < -0.4 is 4.74 Å². The average molecular weight is 654 g/mol. The molecular formula is C47H31N3O. The highest BCUT2D eigenvalue weighted by molar-refractivity contribution is 5.88. The van der Waals surface area contributed by atoms with E-state index in [1.165, 1.54) is 33.0 Å². The number of ether oxygens (including phenoxy) is 1. The van der Waals surface area contributed by atoms with Gasteiger partial charge in [-0.3, -0.25) is 0 Å². The molecular weight excluding hydrogens is 623 g/mol. The molecule has 0 fully saturated rings. The minimum absolute atomic E-state index is 0.0293. The Morgan fingerprint density at radius 2 is 1.00 bits per heavy atom. The molecule has 8 aromatic rings. The maximum Gasteiger partial charge on any atom is 0.164 e. The van der Waals surface area contributed by atoms with Crippen LogP contribution in [0.4, 0.5) is 0 Å². The minimum Gasteiger partial charge on any atom is -0.484 e. The SMILES string of the molecule is C1=C(c2nc(-c3ccccc3)nc(-c3ccccc3)n2)c2ccccc2C2Oc3cccc(-c4ccc(-c5ccc6ccccc6c5)cc4)c3C12. The molecule has 0 N–H and O–H groups in total. The number of rotatable bonds is 5. The molecule has 51 heavy (non-hydrogen) atoms. The Morgan fingerprint density at radius 1 is 0.412 bits per heavy atom.